The van der Waals surface area contributed by atoms with Crippen LogP contribution in [0.25, 0.3) is 0 Å². The Hall–Kier alpha value is -1.93. The summed E-state index contributed by atoms with van der Waals surface area (Å²) in [4.78, 5) is 12.5. The lowest BCUT2D eigenvalue weighted by atomic mass is 10.1. The van der Waals surface area contributed by atoms with Crippen LogP contribution in [-0.2, 0) is 21.5 Å². The third kappa shape index (κ3) is 4.91. The van der Waals surface area contributed by atoms with E-state index in [1.807, 2.05) is 38.1 Å². The van der Waals surface area contributed by atoms with Crippen LogP contribution in [0.4, 0.5) is 5.69 Å². The number of anilines is 1. The van der Waals surface area contributed by atoms with Gasteiger partial charge in [0, 0.05) is 30.3 Å². The van der Waals surface area contributed by atoms with Crippen LogP contribution in [0.1, 0.15) is 23.1 Å². The lowest BCUT2D eigenvalue weighted by Gasteiger charge is -2.34. The summed E-state index contributed by atoms with van der Waals surface area (Å²) in [6.07, 6.45) is 0.663. The van der Waals surface area contributed by atoms with Crippen LogP contribution in [0.2, 0.25) is 5.02 Å². The Morgan fingerprint density at radius 2 is 1.86 bits per heavy atom. The molecule has 1 N–H and O–H groups in total. The second-order valence-electron chi connectivity index (χ2n) is 7.02. The molecule has 0 atom stereocenters. The van der Waals surface area contributed by atoms with Crippen molar-refractivity contribution in [1.82, 2.24) is 8.61 Å². The van der Waals surface area contributed by atoms with Crippen LogP contribution >= 0.6 is 11.6 Å². The first-order valence-electron chi connectivity index (χ1n) is 9.12. The van der Waals surface area contributed by atoms with E-state index in [-0.39, 0.29) is 19.0 Å². The summed E-state index contributed by atoms with van der Waals surface area (Å²) >= 11 is 6.00. The predicted octanol–water partition coefficient (Wildman–Crippen LogP) is 3.35. The van der Waals surface area contributed by atoms with Gasteiger partial charge in [0.1, 0.15) is 0 Å². The number of nitrogens with zero attached hydrogens (tertiary/aromatic N) is 2. The average molecular weight is 422 g/mol. The van der Waals surface area contributed by atoms with Crippen molar-refractivity contribution < 1.29 is 13.2 Å². The minimum atomic E-state index is -3.72. The quantitative estimate of drug-likeness (QED) is 0.804. The summed E-state index contributed by atoms with van der Waals surface area (Å²) in [5, 5.41) is 3.39. The van der Waals surface area contributed by atoms with Gasteiger partial charge in [-0.3, -0.25) is 4.79 Å². The Bertz CT molecular complexity index is 978. The van der Waals surface area contributed by atoms with Crippen LogP contribution in [-0.4, -0.2) is 42.6 Å². The molecule has 1 saturated heterocycles. The van der Waals surface area contributed by atoms with Gasteiger partial charge in [-0.25, -0.2) is 0 Å². The lowest BCUT2D eigenvalue weighted by Crippen LogP contribution is -2.51. The molecule has 1 aliphatic heterocycles. The summed E-state index contributed by atoms with van der Waals surface area (Å²) in [6.45, 7) is 4.62. The van der Waals surface area contributed by atoms with Crippen molar-refractivity contribution in [3.05, 3.63) is 64.2 Å². The zero-order chi connectivity index (χ0) is 20.3. The van der Waals surface area contributed by atoms with E-state index in [9.17, 15) is 13.2 Å². The number of benzene rings is 2. The van der Waals surface area contributed by atoms with Gasteiger partial charge in [-0.1, -0.05) is 35.9 Å². The number of nitrogens with one attached hydrogen (secondary N) is 1. The molecule has 1 aliphatic rings. The number of hydrogen-bond donors (Lipinski definition) is 1. The topological polar surface area (TPSA) is 69.7 Å². The van der Waals surface area contributed by atoms with Crippen LogP contribution in [0.3, 0.4) is 0 Å². The second kappa shape index (κ2) is 8.61. The van der Waals surface area contributed by atoms with E-state index in [0.29, 0.717) is 30.2 Å². The monoisotopic (exact) mass is 421 g/mol. The maximum atomic E-state index is 13.0. The molecular formula is C20H24ClN3O3S. The third-order valence-electron chi connectivity index (χ3n) is 4.70. The Morgan fingerprint density at radius 1 is 1.11 bits per heavy atom. The number of amides is 1. The first-order chi connectivity index (χ1) is 13.3. The predicted molar refractivity (Wildman–Crippen MR) is 112 cm³/mol. The molecule has 6 nitrogen and oxygen atoms in total. The number of carbonyl (C=O) groups is 1. The molecule has 2 aromatic carbocycles. The van der Waals surface area contributed by atoms with Gasteiger partial charge in [0.15, 0.2) is 0 Å². The van der Waals surface area contributed by atoms with Crippen molar-refractivity contribution in [1.29, 1.82) is 0 Å². The van der Waals surface area contributed by atoms with Gasteiger partial charge in [-0.2, -0.15) is 17.0 Å². The maximum Gasteiger partial charge on any atom is 0.282 e. The zero-order valence-corrected chi connectivity index (χ0v) is 17.6. The smallest absolute Gasteiger partial charge is 0.282 e. The first kappa shape index (κ1) is 20.8. The second-order valence-corrected chi connectivity index (χ2v) is 9.39. The zero-order valence-electron chi connectivity index (χ0n) is 16.0. The molecule has 0 bridgehead atoms. The van der Waals surface area contributed by atoms with Crippen LogP contribution < -0.4 is 5.32 Å². The Kier molecular flexibility index (Phi) is 6.40. The molecule has 3 rings (SSSR count). The molecule has 1 heterocycles. The van der Waals surface area contributed by atoms with Gasteiger partial charge in [0.25, 0.3) is 10.2 Å². The number of aryl methyl sites for hydroxylation is 2. The van der Waals surface area contributed by atoms with Gasteiger partial charge in [0.2, 0.25) is 5.91 Å². The number of hydrogen-bond acceptors (Lipinski definition) is 3. The van der Waals surface area contributed by atoms with Gasteiger partial charge in [0.05, 0.1) is 6.54 Å². The largest absolute Gasteiger partial charge is 0.325 e. The summed E-state index contributed by atoms with van der Waals surface area (Å²) in [5.74, 6) is -0.345. The molecule has 0 saturated carbocycles. The molecule has 1 fully saturated rings. The highest BCUT2D eigenvalue weighted by molar-refractivity contribution is 7.86. The van der Waals surface area contributed by atoms with Crippen molar-refractivity contribution in [3.63, 3.8) is 0 Å². The van der Waals surface area contributed by atoms with E-state index in [4.69, 9.17) is 11.6 Å². The highest BCUT2D eigenvalue weighted by Crippen LogP contribution is 2.21. The summed E-state index contributed by atoms with van der Waals surface area (Å²) in [7, 11) is -3.72. The standard InChI is InChI=1S/C20H24ClN3O3S/c1-15-7-8-16(2)19(11-15)22-20(25)14-24-10-4-9-23(28(24,26)27)13-17-5-3-6-18(21)12-17/h3,5-8,11-12H,4,9-10,13-14H2,1-2H3,(H,22,25). The van der Waals surface area contributed by atoms with Crippen molar-refractivity contribution >= 4 is 33.4 Å². The average Bonchev–Trinajstić information content (AvgIpc) is 2.62. The number of carbonyl (C=O) groups excluding carboxylic acids is 1. The normalized spacial score (nSPS) is 17.4. The number of rotatable bonds is 5. The highest BCUT2D eigenvalue weighted by Gasteiger charge is 2.34. The van der Waals surface area contributed by atoms with Gasteiger partial charge < -0.3 is 5.32 Å². The number of halogens is 1. The molecule has 1 amide bonds. The summed E-state index contributed by atoms with van der Waals surface area (Å²) in [6, 6.07) is 12.9. The highest BCUT2D eigenvalue weighted by atomic mass is 35.5. The van der Waals surface area contributed by atoms with Gasteiger partial charge >= 0.3 is 0 Å². The fraction of sp³-hybridized carbons (Fsp3) is 0.350. The Labute approximate surface area is 171 Å². The molecule has 0 spiro atoms. The lowest BCUT2D eigenvalue weighted by molar-refractivity contribution is -0.116. The van der Waals surface area contributed by atoms with E-state index in [1.54, 1.807) is 18.2 Å². The van der Waals surface area contributed by atoms with Gasteiger partial charge in [-0.15, -0.1) is 0 Å². The van der Waals surface area contributed by atoms with E-state index < -0.39 is 10.2 Å². The molecular weight excluding hydrogens is 398 g/mol. The molecule has 0 radical (unpaired) electrons. The van der Waals surface area contributed by atoms with E-state index in [2.05, 4.69) is 5.32 Å². The molecule has 28 heavy (non-hydrogen) atoms. The van der Waals surface area contributed by atoms with E-state index >= 15 is 0 Å². The molecule has 2 aromatic rings. The summed E-state index contributed by atoms with van der Waals surface area (Å²) in [5.41, 5.74) is 3.48. The van der Waals surface area contributed by atoms with E-state index in [0.717, 1.165) is 16.7 Å². The van der Waals surface area contributed by atoms with Gasteiger partial charge in [-0.05, 0) is 55.2 Å². The van der Waals surface area contributed by atoms with Crippen LogP contribution in [0.15, 0.2) is 42.5 Å². The molecule has 150 valence electrons. The molecule has 0 unspecified atom stereocenters. The van der Waals surface area contributed by atoms with Crippen molar-refractivity contribution in [2.45, 2.75) is 26.8 Å². The van der Waals surface area contributed by atoms with Crippen molar-refractivity contribution in [2.24, 2.45) is 0 Å². The maximum absolute atomic E-state index is 13.0. The third-order valence-corrected chi connectivity index (χ3v) is 6.87. The molecule has 0 aliphatic carbocycles. The molecule has 0 aromatic heterocycles. The molecule has 8 heteroatoms. The Balaban J connectivity index is 1.69. The van der Waals surface area contributed by atoms with E-state index in [1.165, 1.54) is 8.61 Å². The fourth-order valence-electron chi connectivity index (χ4n) is 3.20. The minimum absolute atomic E-state index is 0.207. The van der Waals surface area contributed by atoms with Crippen LogP contribution in [0, 0.1) is 13.8 Å². The minimum Gasteiger partial charge on any atom is -0.325 e. The fourth-order valence-corrected chi connectivity index (χ4v) is 5.05. The van der Waals surface area contributed by atoms with Crippen molar-refractivity contribution in [2.75, 3.05) is 25.0 Å². The first-order valence-corrected chi connectivity index (χ1v) is 10.9. The summed E-state index contributed by atoms with van der Waals surface area (Å²) < 4.78 is 28.5. The van der Waals surface area contributed by atoms with Crippen LogP contribution in [0.5, 0.6) is 0 Å². The van der Waals surface area contributed by atoms with Crippen molar-refractivity contribution in [3.8, 4) is 0 Å². The SMILES string of the molecule is Cc1ccc(C)c(NC(=O)CN2CCCN(Cc3cccc(Cl)c3)S2(=O)=O)c1. The Morgan fingerprint density at radius 3 is 2.61 bits per heavy atom.